The first-order chi connectivity index (χ1) is 8.25. The number of hydrogen-bond donors (Lipinski definition) is 2. The second-order valence-electron chi connectivity index (χ2n) is 4.26. The minimum atomic E-state index is -4.30. The number of amides is 1. The molecule has 0 bridgehead atoms. The molecular weight excluding hydrogens is 258 g/mol. The van der Waals surface area contributed by atoms with E-state index < -0.39 is 42.6 Å². The van der Waals surface area contributed by atoms with E-state index in [9.17, 15) is 27.2 Å². The number of hydrogen-bond acceptors (Lipinski definition) is 2. The van der Waals surface area contributed by atoms with Crippen LogP contribution in [0, 0.1) is 11.8 Å². The molecule has 0 unspecified atom stereocenters. The fourth-order valence-electron chi connectivity index (χ4n) is 1.98. The van der Waals surface area contributed by atoms with Crippen LogP contribution in [0.25, 0.3) is 0 Å². The molecule has 2 N–H and O–H groups in total. The third-order valence-electron chi connectivity index (χ3n) is 2.99. The molecule has 0 aromatic heterocycles. The van der Waals surface area contributed by atoms with E-state index in [0.717, 1.165) is 0 Å². The van der Waals surface area contributed by atoms with Crippen LogP contribution in [0.2, 0.25) is 0 Å². The van der Waals surface area contributed by atoms with Crippen molar-refractivity contribution in [2.75, 3.05) is 6.54 Å². The summed E-state index contributed by atoms with van der Waals surface area (Å²) < 4.78 is 48.8. The van der Waals surface area contributed by atoms with E-state index in [2.05, 4.69) is 0 Å². The summed E-state index contributed by atoms with van der Waals surface area (Å²) in [6, 6.07) is 0. The normalized spacial score (nSPS) is 24.3. The Morgan fingerprint density at radius 2 is 1.83 bits per heavy atom. The molecule has 0 aliphatic heterocycles. The van der Waals surface area contributed by atoms with Crippen LogP contribution in [0.5, 0.6) is 0 Å². The molecule has 18 heavy (non-hydrogen) atoms. The number of aliphatic carboxylic acids is 1. The van der Waals surface area contributed by atoms with Crippen LogP contribution in [0.1, 0.15) is 19.3 Å². The van der Waals surface area contributed by atoms with Crippen LogP contribution in [-0.4, -0.2) is 35.9 Å². The molecular formula is C10H13F4NO3. The minimum absolute atomic E-state index is 0.267. The van der Waals surface area contributed by atoms with Gasteiger partial charge in [0.25, 0.3) is 0 Å². The second kappa shape index (κ2) is 5.53. The SMILES string of the molecule is O=C(O)[C@H]1CCC[C@H]1C(=O)NCC(F)(F)C(F)F. The highest BCUT2D eigenvalue weighted by Gasteiger charge is 2.43. The minimum Gasteiger partial charge on any atom is -0.481 e. The van der Waals surface area contributed by atoms with Crippen molar-refractivity contribution in [1.29, 1.82) is 0 Å². The molecule has 0 heterocycles. The van der Waals surface area contributed by atoms with E-state index in [-0.39, 0.29) is 6.42 Å². The summed E-state index contributed by atoms with van der Waals surface area (Å²) in [7, 11) is 0. The Bertz CT molecular complexity index is 335. The van der Waals surface area contributed by atoms with Crippen LogP contribution >= 0.6 is 0 Å². The zero-order valence-electron chi connectivity index (χ0n) is 9.34. The van der Waals surface area contributed by atoms with Crippen LogP contribution in [0.3, 0.4) is 0 Å². The molecule has 1 saturated carbocycles. The Labute approximate surface area is 100 Å². The first-order valence-electron chi connectivity index (χ1n) is 5.42. The van der Waals surface area contributed by atoms with Gasteiger partial charge in [-0.05, 0) is 12.8 Å². The van der Waals surface area contributed by atoms with Gasteiger partial charge in [0.15, 0.2) is 0 Å². The predicted octanol–water partition coefficient (Wildman–Crippen LogP) is 1.50. The largest absolute Gasteiger partial charge is 0.481 e. The number of nitrogens with one attached hydrogen (secondary N) is 1. The number of carboxylic acid groups (broad SMARTS) is 1. The van der Waals surface area contributed by atoms with Gasteiger partial charge >= 0.3 is 18.3 Å². The molecule has 8 heteroatoms. The maximum atomic E-state index is 12.6. The summed E-state index contributed by atoms with van der Waals surface area (Å²) in [6.45, 7) is -1.48. The smallest absolute Gasteiger partial charge is 0.324 e. The molecule has 4 nitrogen and oxygen atoms in total. The predicted molar refractivity (Wildman–Crippen MR) is 52.4 cm³/mol. The van der Waals surface area contributed by atoms with Crippen molar-refractivity contribution in [2.24, 2.45) is 11.8 Å². The first kappa shape index (κ1) is 14.7. The van der Waals surface area contributed by atoms with Gasteiger partial charge in [0.1, 0.15) is 0 Å². The topological polar surface area (TPSA) is 66.4 Å². The Morgan fingerprint density at radius 1 is 1.28 bits per heavy atom. The summed E-state index contributed by atoms with van der Waals surface area (Å²) >= 11 is 0. The summed E-state index contributed by atoms with van der Waals surface area (Å²) in [5, 5.41) is 10.5. The van der Waals surface area contributed by atoms with Crippen molar-refractivity contribution < 1.29 is 32.3 Å². The van der Waals surface area contributed by atoms with Crippen LogP contribution in [-0.2, 0) is 9.59 Å². The molecule has 0 radical (unpaired) electrons. The van der Waals surface area contributed by atoms with Crippen LogP contribution in [0.15, 0.2) is 0 Å². The van der Waals surface area contributed by atoms with E-state index in [4.69, 9.17) is 5.11 Å². The lowest BCUT2D eigenvalue weighted by molar-refractivity contribution is -0.148. The lowest BCUT2D eigenvalue weighted by Crippen LogP contribution is -2.44. The maximum Gasteiger partial charge on any atom is 0.324 e. The van der Waals surface area contributed by atoms with Gasteiger partial charge in [0.2, 0.25) is 5.91 Å². The lowest BCUT2D eigenvalue weighted by Gasteiger charge is -2.19. The average Bonchev–Trinajstić information content (AvgIpc) is 2.74. The van der Waals surface area contributed by atoms with Crippen molar-refractivity contribution >= 4 is 11.9 Å². The van der Waals surface area contributed by atoms with Crippen LogP contribution < -0.4 is 5.32 Å². The Kier molecular flexibility index (Phi) is 4.53. The quantitative estimate of drug-likeness (QED) is 0.745. The molecule has 1 aliphatic rings. The van der Waals surface area contributed by atoms with E-state index in [1.165, 1.54) is 0 Å². The number of halogens is 4. The molecule has 1 rings (SSSR count). The highest BCUT2D eigenvalue weighted by molar-refractivity contribution is 5.85. The highest BCUT2D eigenvalue weighted by Crippen LogP contribution is 2.32. The average molecular weight is 271 g/mol. The lowest BCUT2D eigenvalue weighted by atomic mass is 9.95. The fraction of sp³-hybridized carbons (Fsp3) is 0.800. The number of alkyl halides is 4. The zero-order chi connectivity index (χ0) is 13.9. The molecule has 0 aromatic rings. The molecule has 2 atom stereocenters. The van der Waals surface area contributed by atoms with Crippen LogP contribution in [0.4, 0.5) is 17.6 Å². The molecule has 1 amide bonds. The Balaban J connectivity index is 2.53. The van der Waals surface area contributed by atoms with Crippen molar-refractivity contribution in [3.63, 3.8) is 0 Å². The number of carboxylic acids is 1. The van der Waals surface area contributed by atoms with Gasteiger partial charge in [-0.15, -0.1) is 0 Å². The second-order valence-corrected chi connectivity index (χ2v) is 4.26. The third kappa shape index (κ3) is 3.33. The fourth-order valence-corrected chi connectivity index (χ4v) is 1.98. The number of rotatable bonds is 5. The van der Waals surface area contributed by atoms with Gasteiger partial charge < -0.3 is 10.4 Å². The molecule has 0 spiro atoms. The third-order valence-corrected chi connectivity index (χ3v) is 2.99. The summed E-state index contributed by atoms with van der Waals surface area (Å²) in [4.78, 5) is 22.3. The summed E-state index contributed by atoms with van der Waals surface area (Å²) in [5.74, 6) is -8.22. The monoisotopic (exact) mass is 271 g/mol. The van der Waals surface area contributed by atoms with Crippen molar-refractivity contribution in [3.05, 3.63) is 0 Å². The summed E-state index contributed by atoms with van der Waals surface area (Å²) in [6.07, 6.45) is -2.81. The van der Waals surface area contributed by atoms with E-state index in [0.29, 0.717) is 12.8 Å². The Morgan fingerprint density at radius 3 is 2.33 bits per heavy atom. The zero-order valence-corrected chi connectivity index (χ0v) is 9.34. The molecule has 104 valence electrons. The summed E-state index contributed by atoms with van der Waals surface area (Å²) in [5.41, 5.74) is 0. The maximum absolute atomic E-state index is 12.6. The number of carbonyl (C=O) groups excluding carboxylic acids is 1. The first-order valence-corrected chi connectivity index (χ1v) is 5.42. The van der Waals surface area contributed by atoms with Crippen molar-refractivity contribution in [1.82, 2.24) is 5.32 Å². The number of carbonyl (C=O) groups is 2. The standard InChI is InChI=1S/C10H13F4NO3/c11-9(12)10(13,14)4-15-7(16)5-2-1-3-6(5)8(17)18/h5-6,9H,1-4H2,(H,15,16)(H,17,18)/t5-,6+/m1/s1. The van der Waals surface area contributed by atoms with Gasteiger partial charge in [-0.25, -0.2) is 8.78 Å². The molecule has 0 aromatic carbocycles. The van der Waals surface area contributed by atoms with E-state index >= 15 is 0 Å². The molecule has 1 fully saturated rings. The van der Waals surface area contributed by atoms with Gasteiger partial charge in [-0.1, -0.05) is 6.42 Å². The molecule has 0 saturated heterocycles. The van der Waals surface area contributed by atoms with Gasteiger partial charge in [0, 0.05) is 0 Å². The molecule has 1 aliphatic carbocycles. The van der Waals surface area contributed by atoms with Crippen molar-refractivity contribution in [2.45, 2.75) is 31.6 Å². The van der Waals surface area contributed by atoms with E-state index in [1.54, 1.807) is 5.32 Å². The van der Waals surface area contributed by atoms with E-state index in [1.807, 2.05) is 0 Å². The highest BCUT2D eigenvalue weighted by atomic mass is 19.3. The Hall–Kier alpha value is -1.34. The van der Waals surface area contributed by atoms with Gasteiger partial charge in [0.05, 0.1) is 18.4 Å². The van der Waals surface area contributed by atoms with Crippen molar-refractivity contribution in [3.8, 4) is 0 Å². The van der Waals surface area contributed by atoms with Gasteiger partial charge in [-0.3, -0.25) is 9.59 Å². The van der Waals surface area contributed by atoms with Gasteiger partial charge in [-0.2, -0.15) is 8.78 Å².